The molecule has 0 saturated carbocycles. The molecule has 0 aliphatic heterocycles. The number of hydrogen-bond acceptors (Lipinski definition) is 5. The van der Waals surface area contributed by atoms with Crippen molar-refractivity contribution >= 4 is 22.8 Å². The third kappa shape index (κ3) is 5.43. The number of carbonyl (C=O) groups excluding carboxylic acids is 2. The second-order valence-electron chi connectivity index (χ2n) is 6.99. The number of benzene rings is 2. The van der Waals surface area contributed by atoms with E-state index in [9.17, 15) is 9.59 Å². The Labute approximate surface area is 173 Å². The highest BCUT2D eigenvalue weighted by atomic mass is 16.5. The van der Waals surface area contributed by atoms with E-state index in [2.05, 4.69) is 21.4 Å². The van der Waals surface area contributed by atoms with Gasteiger partial charge in [-0.15, -0.1) is 0 Å². The number of nitriles is 1. The highest BCUT2D eigenvalue weighted by Crippen LogP contribution is 2.22. The van der Waals surface area contributed by atoms with E-state index in [4.69, 9.17) is 10.5 Å². The molecule has 154 valence electrons. The summed E-state index contributed by atoms with van der Waals surface area (Å²) in [7, 11) is 0. The van der Waals surface area contributed by atoms with E-state index in [1.165, 1.54) is 0 Å². The number of aromatic amines is 1. The minimum absolute atomic E-state index is 0.196. The van der Waals surface area contributed by atoms with Crippen molar-refractivity contribution in [3.05, 3.63) is 65.5 Å². The molecule has 3 rings (SSSR count). The number of amides is 2. The standard InChI is InChI=1S/C22H23N5O3/c23-14-15-11-12-17-19(13-15)25-21(24-17)18(9-5-2-6-10-20(28)27-30)26-22(29)16-7-3-1-4-8-16/h1,3-4,7-8,11-13,18,30H,2,5-6,9-10H2,(H,24,25)(H,26,29)(H,27,28)/t18-/m0/s1. The maximum absolute atomic E-state index is 12.7. The Morgan fingerprint density at radius 2 is 1.93 bits per heavy atom. The molecule has 1 atom stereocenters. The Hall–Kier alpha value is -3.70. The zero-order valence-electron chi connectivity index (χ0n) is 16.4. The number of unbranched alkanes of at least 4 members (excludes halogenated alkanes) is 2. The Morgan fingerprint density at radius 3 is 2.67 bits per heavy atom. The van der Waals surface area contributed by atoms with Crippen molar-refractivity contribution in [2.45, 2.75) is 38.1 Å². The van der Waals surface area contributed by atoms with Gasteiger partial charge in [-0.25, -0.2) is 10.5 Å². The lowest BCUT2D eigenvalue weighted by atomic mass is 10.1. The summed E-state index contributed by atoms with van der Waals surface area (Å²) in [6.45, 7) is 0. The van der Waals surface area contributed by atoms with Crippen molar-refractivity contribution in [1.82, 2.24) is 20.8 Å². The van der Waals surface area contributed by atoms with Crippen LogP contribution in [0.4, 0.5) is 0 Å². The van der Waals surface area contributed by atoms with Crippen LogP contribution in [0.5, 0.6) is 0 Å². The first kappa shape index (κ1) is 21.0. The highest BCUT2D eigenvalue weighted by molar-refractivity contribution is 5.94. The molecule has 8 heteroatoms. The van der Waals surface area contributed by atoms with Crippen LogP contribution in [0.25, 0.3) is 11.0 Å². The third-order valence-electron chi connectivity index (χ3n) is 4.82. The van der Waals surface area contributed by atoms with Gasteiger partial charge < -0.3 is 10.3 Å². The maximum atomic E-state index is 12.7. The minimum atomic E-state index is -0.408. The summed E-state index contributed by atoms with van der Waals surface area (Å²) in [5.74, 6) is 0.0189. The van der Waals surface area contributed by atoms with E-state index in [-0.39, 0.29) is 18.4 Å². The van der Waals surface area contributed by atoms with Crippen LogP contribution >= 0.6 is 0 Å². The normalized spacial score (nSPS) is 11.6. The van der Waals surface area contributed by atoms with Crippen molar-refractivity contribution in [1.29, 1.82) is 5.26 Å². The van der Waals surface area contributed by atoms with E-state index in [0.717, 1.165) is 23.9 Å². The molecular weight excluding hydrogens is 382 g/mol. The fraction of sp³-hybridized carbons (Fsp3) is 0.273. The average Bonchev–Trinajstić information content (AvgIpc) is 3.21. The number of H-pyrrole nitrogens is 1. The number of nitrogens with one attached hydrogen (secondary N) is 3. The number of hydrogen-bond donors (Lipinski definition) is 4. The molecule has 0 bridgehead atoms. The summed E-state index contributed by atoms with van der Waals surface area (Å²) >= 11 is 0. The largest absolute Gasteiger partial charge is 0.342 e. The van der Waals surface area contributed by atoms with Gasteiger partial charge >= 0.3 is 0 Å². The Bertz CT molecular complexity index is 1060. The first-order valence-electron chi connectivity index (χ1n) is 9.79. The molecule has 8 nitrogen and oxygen atoms in total. The predicted molar refractivity (Wildman–Crippen MR) is 110 cm³/mol. The number of rotatable bonds is 9. The van der Waals surface area contributed by atoms with Gasteiger partial charge in [0.1, 0.15) is 5.82 Å². The van der Waals surface area contributed by atoms with E-state index >= 15 is 0 Å². The van der Waals surface area contributed by atoms with Crippen LogP contribution in [0.2, 0.25) is 0 Å². The lowest BCUT2D eigenvalue weighted by molar-refractivity contribution is -0.129. The molecule has 0 radical (unpaired) electrons. The molecule has 30 heavy (non-hydrogen) atoms. The first-order valence-corrected chi connectivity index (χ1v) is 9.79. The second-order valence-corrected chi connectivity index (χ2v) is 6.99. The summed E-state index contributed by atoms with van der Waals surface area (Å²) in [6, 6.07) is 15.9. The van der Waals surface area contributed by atoms with Gasteiger partial charge in [-0.05, 0) is 43.2 Å². The lowest BCUT2D eigenvalue weighted by Gasteiger charge is -2.17. The maximum Gasteiger partial charge on any atom is 0.251 e. The van der Waals surface area contributed by atoms with Crippen molar-refractivity contribution < 1.29 is 14.8 Å². The van der Waals surface area contributed by atoms with Crippen LogP contribution in [0, 0.1) is 11.3 Å². The summed E-state index contributed by atoms with van der Waals surface area (Å²) in [5.41, 5.74) is 4.18. The molecule has 0 aliphatic carbocycles. The molecule has 4 N–H and O–H groups in total. The van der Waals surface area contributed by atoms with Crippen molar-refractivity contribution in [3.8, 4) is 6.07 Å². The zero-order valence-corrected chi connectivity index (χ0v) is 16.4. The molecule has 0 spiro atoms. The fourth-order valence-corrected chi connectivity index (χ4v) is 3.24. The Kier molecular flexibility index (Phi) is 7.14. The summed E-state index contributed by atoms with van der Waals surface area (Å²) in [4.78, 5) is 31.6. The molecule has 3 aromatic rings. The van der Waals surface area contributed by atoms with Crippen LogP contribution in [0.15, 0.2) is 48.5 Å². The lowest BCUT2D eigenvalue weighted by Crippen LogP contribution is -2.29. The number of hydroxylamine groups is 1. The highest BCUT2D eigenvalue weighted by Gasteiger charge is 2.19. The van der Waals surface area contributed by atoms with E-state index < -0.39 is 5.91 Å². The second kappa shape index (κ2) is 10.2. The third-order valence-corrected chi connectivity index (χ3v) is 4.82. The van der Waals surface area contributed by atoms with Crippen LogP contribution in [-0.2, 0) is 4.79 Å². The minimum Gasteiger partial charge on any atom is -0.342 e. The topological polar surface area (TPSA) is 131 Å². The summed E-state index contributed by atoms with van der Waals surface area (Å²) in [6.07, 6.45) is 3.05. The zero-order chi connectivity index (χ0) is 21.3. The molecule has 0 aliphatic rings. The molecule has 2 aromatic carbocycles. The van der Waals surface area contributed by atoms with Crippen molar-refractivity contribution in [2.24, 2.45) is 0 Å². The van der Waals surface area contributed by atoms with E-state index in [0.29, 0.717) is 29.8 Å². The smallest absolute Gasteiger partial charge is 0.251 e. The fourth-order valence-electron chi connectivity index (χ4n) is 3.24. The molecule has 0 unspecified atom stereocenters. The van der Waals surface area contributed by atoms with Crippen molar-refractivity contribution in [3.63, 3.8) is 0 Å². The van der Waals surface area contributed by atoms with Gasteiger partial charge in [-0.2, -0.15) is 5.26 Å². The van der Waals surface area contributed by atoms with Gasteiger partial charge in [0.05, 0.1) is 28.7 Å². The molecule has 0 saturated heterocycles. The van der Waals surface area contributed by atoms with Crippen molar-refractivity contribution in [2.75, 3.05) is 0 Å². The van der Waals surface area contributed by atoms with Gasteiger partial charge in [-0.1, -0.05) is 31.0 Å². The number of imidazole rings is 1. The predicted octanol–water partition coefficient (Wildman–Crippen LogP) is 3.36. The van der Waals surface area contributed by atoms with Crippen LogP contribution in [-0.4, -0.2) is 27.0 Å². The number of fused-ring (bicyclic) bond motifs is 1. The van der Waals surface area contributed by atoms with Gasteiger partial charge in [0.25, 0.3) is 5.91 Å². The molecule has 1 heterocycles. The van der Waals surface area contributed by atoms with Crippen LogP contribution < -0.4 is 10.8 Å². The summed E-state index contributed by atoms with van der Waals surface area (Å²) in [5, 5.41) is 20.7. The number of carbonyl (C=O) groups is 2. The average molecular weight is 405 g/mol. The SMILES string of the molecule is N#Cc1ccc2nc([C@H](CCCCCC(=O)NO)NC(=O)c3ccccc3)[nH]c2c1. The monoisotopic (exact) mass is 405 g/mol. The number of aromatic nitrogens is 2. The molecule has 0 fully saturated rings. The van der Waals surface area contributed by atoms with Gasteiger partial charge in [0.2, 0.25) is 5.91 Å². The summed E-state index contributed by atoms with van der Waals surface area (Å²) < 4.78 is 0. The van der Waals surface area contributed by atoms with Gasteiger partial charge in [-0.3, -0.25) is 14.8 Å². The Balaban J connectivity index is 1.74. The molecule has 1 aromatic heterocycles. The van der Waals surface area contributed by atoms with E-state index in [1.807, 2.05) is 6.07 Å². The van der Waals surface area contributed by atoms with Gasteiger partial charge in [0, 0.05) is 12.0 Å². The first-order chi connectivity index (χ1) is 14.6. The van der Waals surface area contributed by atoms with Gasteiger partial charge in [0.15, 0.2) is 0 Å². The number of nitrogens with zero attached hydrogens (tertiary/aromatic N) is 2. The van der Waals surface area contributed by atoms with Crippen LogP contribution in [0.1, 0.15) is 59.9 Å². The van der Waals surface area contributed by atoms with E-state index in [1.54, 1.807) is 47.9 Å². The Morgan fingerprint density at radius 1 is 1.13 bits per heavy atom. The quantitative estimate of drug-likeness (QED) is 0.246. The van der Waals surface area contributed by atoms with Crippen LogP contribution in [0.3, 0.4) is 0 Å². The molecule has 2 amide bonds. The molecular formula is C22H23N5O3.